The van der Waals surface area contributed by atoms with Crippen molar-refractivity contribution < 1.29 is 19.1 Å². The van der Waals surface area contributed by atoms with Crippen molar-refractivity contribution in [1.82, 2.24) is 29.8 Å². The number of aromatic amines is 1. The average molecular weight is 525 g/mol. The Balaban J connectivity index is 0.000000265. The summed E-state index contributed by atoms with van der Waals surface area (Å²) in [5, 5.41) is 14.8. The standard InChI is InChI=1S/C9H13BrN2O2.C9H14N2O2.C4H6N2/c1-9(2,3)14-8(13)12-6-7(4-10)5-11-12;1-7-5-10-11(6-7)8(12)13-9(2,3)4;1-4-2-5-6-3-4/h5-6H,4H2,1-3H3;5-6H,1-4H3;2-3H,1H3,(H,5,6). The number of aromatic nitrogens is 6. The normalized spacial score (nSPS) is 10.9. The molecule has 10 nitrogen and oxygen atoms in total. The molecule has 0 radical (unpaired) electrons. The van der Waals surface area contributed by atoms with Gasteiger partial charge in [-0.05, 0) is 66.5 Å². The molecule has 11 heteroatoms. The molecule has 0 aliphatic rings. The molecule has 1 N–H and O–H groups in total. The Labute approximate surface area is 202 Å². The van der Waals surface area contributed by atoms with Crippen LogP contribution in [-0.4, -0.2) is 53.1 Å². The van der Waals surface area contributed by atoms with Gasteiger partial charge in [-0.2, -0.15) is 24.7 Å². The van der Waals surface area contributed by atoms with E-state index >= 15 is 0 Å². The maximum Gasteiger partial charge on any atom is 0.435 e. The van der Waals surface area contributed by atoms with Gasteiger partial charge in [0.05, 0.1) is 18.6 Å². The lowest BCUT2D eigenvalue weighted by molar-refractivity contribution is 0.0503. The monoisotopic (exact) mass is 524 g/mol. The average Bonchev–Trinajstić information content (AvgIpc) is 3.41. The van der Waals surface area contributed by atoms with Crippen molar-refractivity contribution in [3.63, 3.8) is 0 Å². The minimum atomic E-state index is -0.488. The summed E-state index contributed by atoms with van der Waals surface area (Å²) in [5.74, 6) is 0. The highest BCUT2D eigenvalue weighted by Crippen LogP contribution is 2.10. The molecule has 3 aromatic rings. The zero-order valence-electron chi connectivity index (χ0n) is 20.4. The molecule has 0 saturated carbocycles. The van der Waals surface area contributed by atoms with Gasteiger partial charge in [0, 0.05) is 29.5 Å². The van der Waals surface area contributed by atoms with Crippen LogP contribution in [0.4, 0.5) is 9.59 Å². The summed E-state index contributed by atoms with van der Waals surface area (Å²) in [5.41, 5.74) is 2.09. The molecule has 0 saturated heterocycles. The van der Waals surface area contributed by atoms with E-state index in [9.17, 15) is 9.59 Å². The van der Waals surface area contributed by atoms with Gasteiger partial charge < -0.3 is 9.47 Å². The van der Waals surface area contributed by atoms with E-state index in [-0.39, 0.29) is 0 Å². The number of ether oxygens (including phenoxy) is 2. The van der Waals surface area contributed by atoms with Crippen LogP contribution < -0.4 is 0 Å². The van der Waals surface area contributed by atoms with E-state index in [0.717, 1.165) is 11.1 Å². The number of nitrogens with zero attached hydrogens (tertiary/aromatic N) is 5. The van der Waals surface area contributed by atoms with Crippen LogP contribution in [0, 0.1) is 13.8 Å². The lowest BCUT2D eigenvalue weighted by Gasteiger charge is -2.18. The van der Waals surface area contributed by atoms with Crippen LogP contribution in [0.15, 0.2) is 37.2 Å². The number of H-pyrrole nitrogens is 1. The summed E-state index contributed by atoms with van der Waals surface area (Å²) >= 11 is 3.28. The third-order valence-corrected chi connectivity index (χ3v) is 3.95. The van der Waals surface area contributed by atoms with Crippen molar-refractivity contribution in [2.24, 2.45) is 0 Å². The minimum Gasteiger partial charge on any atom is -0.442 e. The van der Waals surface area contributed by atoms with Crippen LogP contribution in [0.25, 0.3) is 0 Å². The molecule has 0 aliphatic carbocycles. The van der Waals surface area contributed by atoms with Crippen molar-refractivity contribution in [3.05, 3.63) is 53.9 Å². The predicted octanol–water partition coefficient (Wildman–Crippen LogP) is 5.25. The van der Waals surface area contributed by atoms with Gasteiger partial charge in [-0.3, -0.25) is 5.10 Å². The first-order chi connectivity index (χ1) is 15.2. The molecule has 0 bridgehead atoms. The molecular weight excluding hydrogens is 492 g/mol. The fraction of sp³-hybridized carbons (Fsp3) is 0.500. The van der Waals surface area contributed by atoms with Gasteiger partial charge in [0.2, 0.25) is 0 Å². The second kappa shape index (κ2) is 12.3. The maximum absolute atomic E-state index is 11.5. The number of alkyl halides is 1. The molecule has 0 aromatic carbocycles. The number of aryl methyl sites for hydroxylation is 2. The topological polar surface area (TPSA) is 117 Å². The van der Waals surface area contributed by atoms with E-state index in [1.165, 1.54) is 14.9 Å². The fourth-order valence-electron chi connectivity index (χ4n) is 1.97. The summed E-state index contributed by atoms with van der Waals surface area (Å²) in [4.78, 5) is 22.8. The van der Waals surface area contributed by atoms with Gasteiger partial charge in [-0.15, -0.1) is 0 Å². The Morgan fingerprint density at radius 3 is 1.70 bits per heavy atom. The van der Waals surface area contributed by atoms with Crippen LogP contribution in [0.2, 0.25) is 0 Å². The molecule has 0 atom stereocenters. The predicted molar refractivity (Wildman–Crippen MR) is 128 cm³/mol. The summed E-state index contributed by atoms with van der Waals surface area (Å²) < 4.78 is 12.6. The first kappa shape index (κ1) is 28.1. The molecule has 0 spiro atoms. The van der Waals surface area contributed by atoms with Gasteiger partial charge in [0.1, 0.15) is 11.2 Å². The number of nitrogens with one attached hydrogen (secondary N) is 1. The van der Waals surface area contributed by atoms with E-state index in [4.69, 9.17) is 9.47 Å². The number of hydrogen-bond donors (Lipinski definition) is 1. The zero-order chi connectivity index (χ0) is 25.2. The van der Waals surface area contributed by atoms with Crippen LogP contribution in [0.1, 0.15) is 58.2 Å². The smallest absolute Gasteiger partial charge is 0.435 e. The van der Waals surface area contributed by atoms with Crippen LogP contribution in [0.3, 0.4) is 0 Å². The summed E-state index contributed by atoms with van der Waals surface area (Å²) in [6.45, 7) is 14.8. The highest BCUT2D eigenvalue weighted by atomic mass is 79.9. The number of hydrogen-bond acceptors (Lipinski definition) is 7. The van der Waals surface area contributed by atoms with Gasteiger partial charge in [-0.25, -0.2) is 9.59 Å². The second-order valence-electron chi connectivity index (χ2n) is 9.13. The third kappa shape index (κ3) is 12.0. The van der Waals surface area contributed by atoms with Crippen LogP contribution in [-0.2, 0) is 14.8 Å². The number of rotatable bonds is 1. The lowest BCUT2D eigenvalue weighted by Crippen LogP contribution is -2.27. The van der Waals surface area contributed by atoms with Crippen molar-refractivity contribution in [2.45, 2.75) is 71.9 Å². The molecule has 33 heavy (non-hydrogen) atoms. The zero-order valence-corrected chi connectivity index (χ0v) is 22.0. The van der Waals surface area contributed by atoms with E-state index in [1.807, 2.05) is 61.6 Å². The highest BCUT2D eigenvalue weighted by Gasteiger charge is 2.19. The molecule has 0 amide bonds. The molecule has 0 aliphatic heterocycles. The largest absolute Gasteiger partial charge is 0.442 e. The first-order valence-corrected chi connectivity index (χ1v) is 11.3. The van der Waals surface area contributed by atoms with Crippen molar-refractivity contribution in [3.8, 4) is 0 Å². The first-order valence-electron chi connectivity index (χ1n) is 10.2. The maximum atomic E-state index is 11.5. The van der Waals surface area contributed by atoms with Crippen molar-refractivity contribution in [1.29, 1.82) is 0 Å². The molecular formula is C22H33BrN6O4. The van der Waals surface area contributed by atoms with Gasteiger partial charge >= 0.3 is 12.2 Å². The SMILES string of the molecule is CC(C)(C)OC(=O)n1cc(CBr)cn1.Cc1cn[nH]c1.Cc1cnn(C(=O)OC(C)(C)C)c1. The number of halogens is 1. The third-order valence-electron chi connectivity index (χ3n) is 3.30. The molecule has 3 heterocycles. The Hall–Kier alpha value is -2.95. The van der Waals surface area contributed by atoms with E-state index in [0.29, 0.717) is 5.33 Å². The number of carbonyl (C=O) groups excluding carboxylic acids is 2. The van der Waals surface area contributed by atoms with Crippen molar-refractivity contribution >= 4 is 28.1 Å². The number of carbonyl (C=O) groups is 2. The van der Waals surface area contributed by atoms with E-state index in [1.54, 1.807) is 31.0 Å². The summed E-state index contributed by atoms with van der Waals surface area (Å²) in [6, 6.07) is 0. The fourth-order valence-corrected chi connectivity index (χ4v) is 2.26. The molecule has 182 valence electrons. The Morgan fingerprint density at radius 1 is 0.879 bits per heavy atom. The van der Waals surface area contributed by atoms with Crippen LogP contribution >= 0.6 is 15.9 Å². The van der Waals surface area contributed by atoms with E-state index in [2.05, 4.69) is 36.3 Å². The summed E-state index contributed by atoms with van der Waals surface area (Å²) in [7, 11) is 0. The van der Waals surface area contributed by atoms with Gasteiger partial charge in [-0.1, -0.05) is 15.9 Å². The quantitative estimate of drug-likeness (QED) is 0.431. The Morgan fingerprint density at radius 2 is 1.39 bits per heavy atom. The van der Waals surface area contributed by atoms with E-state index < -0.39 is 23.4 Å². The van der Waals surface area contributed by atoms with Crippen molar-refractivity contribution in [2.75, 3.05) is 0 Å². The van der Waals surface area contributed by atoms with Gasteiger partial charge in [0.25, 0.3) is 0 Å². The Kier molecular flexibility index (Phi) is 10.5. The molecule has 0 fully saturated rings. The minimum absolute atomic E-state index is 0.444. The van der Waals surface area contributed by atoms with Crippen LogP contribution in [0.5, 0.6) is 0 Å². The molecule has 3 aromatic heterocycles. The highest BCUT2D eigenvalue weighted by molar-refractivity contribution is 9.08. The second-order valence-corrected chi connectivity index (χ2v) is 9.69. The Bertz CT molecular complexity index is 997. The molecule has 0 unspecified atom stereocenters. The summed E-state index contributed by atoms with van der Waals surface area (Å²) in [6.07, 6.45) is 9.24. The molecule has 3 rings (SSSR count). The lowest BCUT2D eigenvalue weighted by atomic mass is 10.2. The van der Waals surface area contributed by atoms with Gasteiger partial charge in [0.15, 0.2) is 0 Å².